The molecular formula is C16H23N3O2. The molecule has 5 nitrogen and oxygen atoms in total. The number of benzene rings is 1. The van der Waals surface area contributed by atoms with E-state index in [0.717, 1.165) is 30.8 Å². The molecule has 0 radical (unpaired) electrons. The number of hydrogen-bond donors (Lipinski definition) is 1. The van der Waals surface area contributed by atoms with Gasteiger partial charge < -0.3 is 5.32 Å². The zero-order valence-electron chi connectivity index (χ0n) is 12.5. The Morgan fingerprint density at radius 1 is 1.38 bits per heavy atom. The maximum Gasteiger partial charge on any atom is 0.272 e. The Labute approximate surface area is 125 Å². The maximum absolute atomic E-state index is 11.1. The Morgan fingerprint density at radius 2 is 2.24 bits per heavy atom. The van der Waals surface area contributed by atoms with Crippen LogP contribution < -0.4 is 5.32 Å². The van der Waals surface area contributed by atoms with Gasteiger partial charge in [0.25, 0.3) is 5.69 Å². The highest BCUT2D eigenvalue weighted by Gasteiger charge is 2.33. The number of nitrogens with zero attached hydrogens (tertiary/aromatic N) is 2. The minimum Gasteiger partial charge on any atom is -0.312 e. The van der Waals surface area contributed by atoms with E-state index < -0.39 is 0 Å². The van der Waals surface area contributed by atoms with E-state index in [9.17, 15) is 10.1 Å². The summed E-state index contributed by atoms with van der Waals surface area (Å²) in [5, 5.41) is 14.7. The summed E-state index contributed by atoms with van der Waals surface area (Å²) in [5.74, 6) is 0. The molecule has 0 aromatic heterocycles. The first-order chi connectivity index (χ1) is 10.2. The lowest BCUT2D eigenvalue weighted by Crippen LogP contribution is -2.43. The molecule has 1 aromatic carbocycles. The maximum atomic E-state index is 11.1. The zero-order valence-corrected chi connectivity index (χ0v) is 12.5. The first-order valence-electron chi connectivity index (χ1n) is 7.87. The van der Waals surface area contributed by atoms with Gasteiger partial charge in [0, 0.05) is 30.3 Å². The number of likely N-dealkylation sites (tertiary alicyclic amines) is 1. The van der Waals surface area contributed by atoms with Gasteiger partial charge >= 0.3 is 0 Å². The van der Waals surface area contributed by atoms with Gasteiger partial charge in [-0.1, -0.05) is 12.1 Å². The molecule has 0 spiro atoms. The molecule has 1 N–H and O–H groups in total. The van der Waals surface area contributed by atoms with Gasteiger partial charge in [-0.25, -0.2) is 0 Å². The van der Waals surface area contributed by atoms with E-state index in [1.165, 1.54) is 25.7 Å². The predicted molar refractivity (Wildman–Crippen MR) is 82.3 cm³/mol. The Hall–Kier alpha value is -1.46. The standard InChI is InChI=1S/C16H23N3O2/c1-12-13(5-2-7-15(12)19(20)21)11-18-10-4-8-16(18)14-6-3-9-17-14/h2,5,7,14,16-17H,3-4,6,8-11H2,1H3. The van der Waals surface area contributed by atoms with Gasteiger partial charge in [0.1, 0.15) is 0 Å². The van der Waals surface area contributed by atoms with Crippen molar-refractivity contribution in [3.8, 4) is 0 Å². The molecule has 2 aliphatic rings. The molecular weight excluding hydrogens is 266 g/mol. The molecule has 2 saturated heterocycles. The van der Waals surface area contributed by atoms with E-state index in [1.54, 1.807) is 12.1 Å². The van der Waals surface area contributed by atoms with Crippen LogP contribution in [0.2, 0.25) is 0 Å². The van der Waals surface area contributed by atoms with Crippen LogP contribution in [0.25, 0.3) is 0 Å². The van der Waals surface area contributed by atoms with E-state index in [1.807, 2.05) is 13.0 Å². The number of rotatable bonds is 4. The van der Waals surface area contributed by atoms with Crippen molar-refractivity contribution in [1.82, 2.24) is 10.2 Å². The normalized spacial score (nSPS) is 26.3. The van der Waals surface area contributed by atoms with Crippen molar-refractivity contribution in [3.63, 3.8) is 0 Å². The molecule has 0 amide bonds. The van der Waals surface area contributed by atoms with Crippen molar-refractivity contribution < 1.29 is 4.92 Å². The van der Waals surface area contributed by atoms with E-state index >= 15 is 0 Å². The van der Waals surface area contributed by atoms with E-state index in [-0.39, 0.29) is 10.6 Å². The number of nitrogens with one attached hydrogen (secondary N) is 1. The van der Waals surface area contributed by atoms with Crippen molar-refractivity contribution >= 4 is 5.69 Å². The van der Waals surface area contributed by atoms with Crippen molar-refractivity contribution in [2.75, 3.05) is 13.1 Å². The van der Waals surface area contributed by atoms with Crippen molar-refractivity contribution in [2.24, 2.45) is 0 Å². The molecule has 0 aliphatic carbocycles. The Morgan fingerprint density at radius 3 is 2.95 bits per heavy atom. The van der Waals surface area contributed by atoms with Crippen molar-refractivity contribution in [1.29, 1.82) is 0 Å². The Balaban J connectivity index is 1.76. The largest absolute Gasteiger partial charge is 0.312 e. The number of hydrogen-bond acceptors (Lipinski definition) is 4. The summed E-state index contributed by atoms with van der Waals surface area (Å²) >= 11 is 0. The Bertz CT molecular complexity index is 526. The summed E-state index contributed by atoms with van der Waals surface area (Å²) < 4.78 is 0. The molecule has 3 rings (SSSR count). The summed E-state index contributed by atoms with van der Waals surface area (Å²) in [6.07, 6.45) is 5.00. The average molecular weight is 289 g/mol. The quantitative estimate of drug-likeness (QED) is 0.684. The van der Waals surface area contributed by atoms with E-state index in [4.69, 9.17) is 0 Å². The molecule has 5 heteroatoms. The first kappa shape index (κ1) is 14.5. The lowest BCUT2D eigenvalue weighted by Gasteiger charge is -2.29. The molecule has 2 atom stereocenters. The highest BCUT2D eigenvalue weighted by atomic mass is 16.6. The topological polar surface area (TPSA) is 58.4 Å². The molecule has 2 fully saturated rings. The zero-order chi connectivity index (χ0) is 14.8. The van der Waals surface area contributed by atoms with Crippen LogP contribution >= 0.6 is 0 Å². The van der Waals surface area contributed by atoms with Crippen molar-refractivity contribution in [2.45, 2.75) is 51.2 Å². The second kappa shape index (κ2) is 6.12. The molecule has 21 heavy (non-hydrogen) atoms. The molecule has 2 heterocycles. The third-order valence-corrected chi connectivity index (χ3v) is 4.96. The summed E-state index contributed by atoms with van der Waals surface area (Å²) in [4.78, 5) is 13.3. The van der Waals surface area contributed by atoms with E-state index in [0.29, 0.717) is 12.1 Å². The second-order valence-corrected chi connectivity index (χ2v) is 6.20. The van der Waals surface area contributed by atoms with Gasteiger partial charge in [0.2, 0.25) is 0 Å². The fraction of sp³-hybridized carbons (Fsp3) is 0.625. The van der Waals surface area contributed by atoms with Gasteiger partial charge in [0.05, 0.1) is 4.92 Å². The minimum absolute atomic E-state index is 0.238. The lowest BCUT2D eigenvalue weighted by atomic mass is 10.0. The first-order valence-corrected chi connectivity index (χ1v) is 7.87. The average Bonchev–Trinajstić information content (AvgIpc) is 3.11. The molecule has 2 unspecified atom stereocenters. The minimum atomic E-state index is -0.279. The van der Waals surface area contributed by atoms with Crippen LogP contribution in [0, 0.1) is 17.0 Å². The van der Waals surface area contributed by atoms with Crippen LogP contribution in [-0.2, 0) is 6.54 Å². The number of nitro benzene ring substituents is 1. The smallest absolute Gasteiger partial charge is 0.272 e. The molecule has 0 saturated carbocycles. The van der Waals surface area contributed by atoms with Crippen LogP contribution in [0.4, 0.5) is 5.69 Å². The third kappa shape index (κ3) is 2.94. The van der Waals surface area contributed by atoms with Crippen LogP contribution in [0.15, 0.2) is 18.2 Å². The second-order valence-electron chi connectivity index (χ2n) is 6.20. The highest BCUT2D eigenvalue weighted by molar-refractivity contribution is 5.44. The molecule has 2 aliphatic heterocycles. The predicted octanol–water partition coefficient (Wildman–Crippen LogP) is 2.62. The molecule has 0 bridgehead atoms. The Kier molecular flexibility index (Phi) is 4.22. The summed E-state index contributed by atoms with van der Waals surface area (Å²) in [7, 11) is 0. The van der Waals surface area contributed by atoms with Crippen LogP contribution in [0.1, 0.15) is 36.8 Å². The van der Waals surface area contributed by atoms with Gasteiger partial charge in [0.15, 0.2) is 0 Å². The van der Waals surface area contributed by atoms with Gasteiger partial charge in [-0.2, -0.15) is 0 Å². The van der Waals surface area contributed by atoms with Crippen LogP contribution in [-0.4, -0.2) is 35.0 Å². The number of nitro groups is 1. The van der Waals surface area contributed by atoms with Gasteiger partial charge in [-0.3, -0.25) is 15.0 Å². The van der Waals surface area contributed by atoms with Gasteiger partial charge in [-0.15, -0.1) is 0 Å². The fourth-order valence-corrected chi connectivity index (χ4v) is 3.80. The van der Waals surface area contributed by atoms with E-state index in [2.05, 4.69) is 10.2 Å². The van der Waals surface area contributed by atoms with Crippen LogP contribution in [0.3, 0.4) is 0 Å². The monoisotopic (exact) mass is 289 g/mol. The van der Waals surface area contributed by atoms with Crippen molar-refractivity contribution in [3.05, 3.63) is 39.4 Å². The summed E-state index contributed by atoms with van der Waals surface area (Å²) in [6, 6.07) is 6.62. The van der Waals surface area contributed by atoms with Gasteiger partial charge in [-0.05, 0) is 51.3 Å². The van der Waals surface area contributed by atoms with Crippen LogP contribution in [0.5, 0.6) is 0 Å². The summed E-state index contributed by atoms with van der Waals surface area (Å²) in [5.41, 5.74) is 2.14. The third-order valence-electron chi connectivity index (χ3n) is 4.96. The lowest BCUT2D eigenvalue weighted by molar-refractivity contribution is -0.385. The fourth-order valence-electron chi connectivity index (χ4n) is 3.80. The highest BCUT2D eigenvalue weighted by Crippen LogP contribution is 2.29. The summed E-state index contributed by atoms with van der Waals surface area (Å²) in [6.45, 7) is 4.93. The molecule has 1 aromatic rings. The SMILES string of the molecule is Cc1c(CN2CCCC2C2CCCN2)cccc1[N+](=O)[O-]. The molecule has 114 valence electrons.